The number of benzene rings is 3. The highest BCUT2D eigenvalue weighted by Gasteiger charge is 2.29. The van der Waals surface area contributed by atoms with Crippen molar-refractivity contribution in [3.63, 3.8) is 0 Å². The summed E-state index contributed by atoms with van der Waals surface area (Å²) in [6, 6.07) is 17.9. The van der Waals surface area contributed by atoms with Gasteiger partial charge in [-0.3, -0.25) is 4.79 Å². The molecule has 1 atom stereocenters. The molecule has 5 nitrogen and oxygen atoms in total. The fourth-order valence-corrected chi connectivity index (χ4v) is 4.14. The third-order valence-electron chi connectivity index (χ3n) is 5.57. The maximum absolute atomic E-state index is 14.0. The van der Waals surface area contributed by atoms with Crippen LogP contribution in [0.25, 0.3) is 11.1 Å². The van der Waals surface area contributed by atoms with E-state index in [-0.39, 0.29) is 24.5 Å². The van der Waals surface area contributed by atoms with E-state index in [1.54, 1.807) is 0 Å². The van der Waals surface area contributed by atoms with Gasteiger partial charge in [0.2, 0.25) is 0 Å². The number of hydrogen-bond acceptors (Lipinski definition) is 3. The molecule has 7 heteroatoms. The molecule has 1 unspecified atom stereocenters. The van der Waals surface area contributed by atoms with Crippen LogP contribution in [0.2, 0.25) is 0 Å². The van der Waals surface area contributed by atoms with Crippen LogP contribution in [0.3, 0.4) is 0 Å². The molecule has 0 aromatic heterocycles. The summed E-state index contributed by atoms with van der Waals surface area (Å²) in [6.07, 6.45) is -1.33. The number of ether oxygens (including phenoxy) is 1. The van der Waals surface area contributed by atoms with Crippen molar-refractivity contribution in [2.24, 2.45) is 0 Å². The van der Waals surface area contributed by atoms with Crippen LogP contribution in [0.1, 0.15) is 29.0 Å². The summed E-state index contributed by atoms with van der Waals surface area (Å²) in [5.41, 5.74) is 4.39. The second-order valence-electron chi connectivity index (χ2n) is 7.70. The molecule has 0 bridgehead atoms. The van der Waals surface area contributed by atoms with E-state index in [2.05, 4.69) is 5.32 Å². The monoisotopic (exact) mass is 437 g/mol. The van der Waals surface area contributed by atoms with Crippen molar-refractivity contribution in [1.82, 2.24) is 5.32 Å². The van der Waals surface area contributed by atoms with Crippen molar-refractivity contribution >= 4 is 12.1 Å². The molecule has 4 rings (SSSR count). The standard InChI is InChI=1S/C25H21F2NO4/c26-16-10-9-15(23(27)12-16)11-17(13-24(29)30)28-25(31)32-14-22-20-7-3-1-5-18(20)19-6-2-4-8-21(19)22/h1-10,12,17,22H,11,13-14H2,(H,28,31)(H,29,30). The summed E-state index contributed by atoms with van der Waals surface area (Å²) < 4.78 is 32.6. The van der Waals surface area contributed by atoms with Crippen molar-refractivity contribution in [1.29, 1.82) is 0 Å². The molecular formula is C25H21F2NO4. The summed E-state index contributed by atoms with van der Waals surface area (Å²) in [7, 11) is 0. The topological polar surface area (TPSA) is 75.6 Å². The minimum absolute atomic E-state index is 0.0740. The van der Waals surface area contributed by atoms with E-state index in [0.29, 0.717) is 0 Å². The second kappa shape index (κ2) is 9.18. The van der Waals surface area contributed by atoms with Gasteiger partial charge in [-0.15, -0.1) is 0 Å². The highest BCUT2D eigenvalue weighted by molar-refractivity contribution is 5.79. The fourth-order valence-electron chi connectivity index (χ4n) is 4.14. The molecule has 0 heterocycles. The van der Waals surface area contributed by atoms with Crippen molar-refractivity contribution < 1.29 is 28.2 Å². The number of halogens is 2. The average Bonchev–Trinajstić information content (AvgIpc) is 3.07. The first-order valence-electron chi connectivity index (χ1n) is 10.2. The van der Waals surface area contributed by atoms with E-state index in [9.17, 15) is 18.4 Å². The molecule has 0 saturated carbocycles. The Hall–Kier alpha value is -3.74. The molecule has 164 valence electrons. The number of aliphatic carboxylic acids is 1. The third-order valence-corrected chi connectivity index (χ3v) is 5.57. The first-order chi connectivity index (χ1) is 15.4. The lowest BCUT2D eigenvalue weighted by Gasteiger charge is -2.19. The lowest BCUT2D eigenvalue weighted by molar-refractivity contribution is -0.137. The Kier molecular flexibility index (Phi) is 6.16. The lowest BCUT2D eigenvalue weighted by Crippen LogP contribution is -2.39. The Bertz CT molecular complexity index is 1120. The Balaban J connectivity index is 1.44. The molecule has 2 N–H and O–H groups in total. The number of carbonyl (C=O) groups is 2. The van der Waals surface area contributed by atoms with E-state index >= 15 is 0 Å². The first-order valence-corrected chi connectivity index (χ1v) is 10.2. The van der Waals surface area contributed by atoms with Crippen LogP contribution in [0, 0.1) is 11.6 Å². The summed E-state index contributed by atoms with van der Waals surface area (Å²) in [4.78, 5) is 23.7. The molecule has 1 amide bonds. The summed E-state index contributed by atoms with van der Waals surface area (Å²) in [6.45, 7) is 0.0740. The summed E-state index contributed by atoms with van der Waals surface area (Å²) in [5, 5.41) is 11.7. The first kappa shape index (κ1) is 21.5. The molecule has 1 aliphatic rings. The molecule has 0 radical (unpaired) electrons. The molecule has 0 fully saturated rings. The van der Waals surface area contributed by atoms with E-state index in [0.717, 1.165) is 34.4 Å². The zero-order valence-electron chi connectivity index (χ0n) is 17.1. The van der Waals surface area contributed by atoms with E-state index in [4.69, 9.17) is 9.84 Å². The van der Waals surface area contributed by atoms with Crippen LogP contribution in [0.4, 0.5) is 13.6 Å². The predicted molar refractivity (Wildman–Crippen MR) is 114 cm³/mol. The van der Waals surface area contributed by atoms with E-state index in [1.807, 2.05) is 48.5 Å². The number of amides is 1. The van der Waals surface area contributed by atoms with Crippen LogP contribution in [-0.4, -0.2) is 29.8 Å². The average molecular weight is 437 g/mol. The zero-order valence-corrected chi connectivity index (χ0v) is 17.1. The largest absolute Gasteiger partial charge is 0.481 e. The van der Waals surface area contributed by atoms with Crippen LogP contribution in [0.15, 0.2) is 66.7 Å². The van der Waals surface area contributed by atoms with Gasteiger partial charge in [-0.05, 0) is 40.3 Å². The van der Waals surface area contributed by atoms with Gasteiger partial charge in [-0.2, -0.15) is 0 Å². The van der Waals surface area contributed by atoms with Gasteiger partial charge in [-0.25, -0.2) is 13.6 Å². The van der Waals surface area contributed by atoms with Gasteiger partial charge >= 0.3 is 12.1 Å². The Labute approximate surface area is 183 Å². The van der Waals surface area contributed by atoms with Crippen LogP contribution in [0.5, 0.6) is 0 Å². The number of nitrogens with one attached hydrogen (secondary N) is 1. The number of alkyl carbamates (subject to hydrolysis) is 1. The molecule has 0 saturated heterocycles. The predicted octanol–water partition coefficient (Wildman–Crippen LogP) is 4.89. The van der Waals surface area contributed by atoms with Crippen LogP contribution < -0.4 is 5.32 Å². The molecule has 32 heavy (non-hydrogen) atoms. The summed E-state index contributed by atoms with van der Waals surface area (Å²) >= 11 is 0. The van der Waals surface area contributed by atoms with Gasteiger partial charge in [0.15, 0.2) is 0 Å². The number of carboxylic acid groups (broad SMARTS) is 1. The minimum Gasteiger partial charge on any atom is -0.481 e. The van der Waals surface area contributed by atoms with Crippen molar-refractivity contribution in [3.8, 4) is 11.1 Å². The molecule has 0 spiro atoms. The quantitative estimate of drug-likeness (QED) is 0.552. The normalized spacial score (nSPS) is 13.2. The molecule has 3 aromatic rings. The van der Waals surface area contributed by atoms with Gasteiger partial charge in [-0.1, -0.05) is 54.6 Å². The Morgan fingerprint density at radius 1 is 0.969 bits per heavy atom. The zero-order chi connectivity index (χ0) is 22.7. The molecule has 1 aliphatic carbocycles. The van der Waals surface area contributed by atoms with Gasteiger partial charge in [0, 0.05) is 18.0 Å². The SMILES string of the molecule is O=C(O)CC(Cc1ccc(F)cc1F)NC(=O)OCC1c2ccccc2-c2ccccc21. The van der Waals surface area contributed by atoms with E-state index in [1.165, 1.54) is 6.07 Å². The maximum Gasteiger partial charge on any atom is 0.407 e. The third kappa shape index (κ3) is 4.61. The van der Waals surface area contributed by atoms with Gasteiger partial charge in [0.05, 0.1) is 6.42 Å². The molecule has 3 aromatic carbocycles. The second-order valence-corrected chi connectivity index (χ2v) is 7.70. The summed E-state index contributed by atoms with van der Waals surface area (Å²) in [5.74, 6) is -2.82. The Morgan fingerprint density at radius 3 is 2.19 bits per heavy atom. The number of rotatable bonds is 7. The number of carbonyl (C=O) groups excluding carboxylic acids is 1. The smallest absolute Gasteiger partial charge is 0.407 e. The van der Waals surface area contributed by atoms with Gasteiger partial charge in [0.1, 0.15) is 18.2 Å². The molecular weight excluding hydrogens is 416 g/mol. The van der Waals surface area contributed by atoms with Crippen LogP contribution >= 0.6 is 0 Å². The minimum atomic E-state index is -1.16. The molecule has 0 aliphatic heterocycles. The van der Waals surface area contributed by atoms with Crippen molar-refractivity contribution in [2.45, 2.75) is 24.8 Å². The van der Waals surface area contributed by atoms with Gasteiger partial charge in [0.25, 0.3) is 0 Å². The lowest BCUT2D eigenvalue weighted by atomic mass is 9.98. The van der Waals surface area contributed by atoms with Crippen LogP contribution in [-0.2, 0) is 16.0 Å². The number of carboxylic acids is 1. The van der Waals surface area contributed by atoms with Gasteiger partial charge < -0.3 is 15.2 Å². The number of fused-ring (bicyclic) bond motifs is 3. The maximum atomic E-state index is 14.0. The van der Waals surface area contributed by atoms with Crippen molar-refractivity contribution in [3.05, 3.63) is 95.1 Å². The highest BCUT2D eigenvalue weighted by atomic mass is 19.1. The highest BCUT2D eigenvalue weighted by Crippen LogP contribution is 2.44. The number of hydrogen-bond donors (Lipinski definition) is 2. The van der Waals surface area contributed by atoms with E-state index < -0.39 is 36.2 Å². The fraction of sp³-hybridized carbons (Fsp3) is 0.200. The van der Waals surface area contributed by atoms with Crippen molar-refractivity contribution in [2.75, 3.05) is 6.61 Å². The Morgan fingerprint density at radius 2 is 1.59 bits per heavy atom.